The average Bonchev–Trinajstić information content (AvgIpc) is 2.88. The molecule has 1 aromatic heterocycles. The molecule has 1 aromatic rings. The monoisotopic (exact) mass is 223 g/mol. The molecular weight excluding hydrogens is 202 g/mol. The van der Waals surface area contributed by atoms with Crippen LogP contribution in [-0.2, 0) is 11.3 Å². The molecule has 90 valence electrons. The normalized spacial score (nSPS) is 16.9. The summed E-state index contributed by atoms with van der Waals surface area (Å²) < 4.78 is 7.95. The number of aromatic nitrogens is 2. The van der Waals surface area contributed by atoms with Gasteiger partial charge in [0.2, 0.25) is 5.95 Å². The first-order valence-electron chi connectivity index (χ1n) is 6.12. The molecule has 1 fully saturated rings. The second kappa shape index (κ2) is 5.34. The van der Waals surface area contributed by atoms with Gasteiger partial charge in [-0.1, -0.05) is 12.8 Å². The van der Waals surface area contributed by atoms with Crippen molar-refractivity contribution < 1.29 is 4.74 Å². The van der Waals surface area contributed by atoms with Crippen LogP contribution < -0.4 is 5.32 Å². The summed E-state index contributed by atoms with van der Waals surface area (Å²) in [4.78, 5) is 4.38. The van der Waals surface area contributed by atoms with E-state index in [0.717, 1.165) is 24.8 Å². The lowest BCUT2D eigenvalue weighted by atomic mass is 10.3. The van der Waals surface area contributed by atoms with Crippen LogP contribution in [0.2, 0.25) is 0 Å². The largest absolute Gasteiger partial charge is 0.376 e. The maximum absolute atomic E-state index is 5.84. The molecule has 4 nitrogen and oxygen atoms in total. The van der Waals surface area contributed by atoms with E-state index in [0.29, 0.717) is 6.10 Å². The van der Waals surface area contributed by atoms with Gasteiger partial charge in [-0.05, 0) is 19.8 Å². The molecule has 1 heterocycles. The number of nitrogens with zero attached hydrogens (tertiary/aromatic N) is 2. The van der Waals surface area contributed by atoms with Crippen LogP contribution in [0.25, 0.3) is 0 Å². The minimum Gasteiger partial charge on any atom is -0.376 e. The summed E-state index contributed by atoms with van der Waals surface area (Å²) in [5.74, 6) is 0.924. The fraction of sp³-hybridized carbons (Fsp3) is 0.750. The van der Waals surface area contributed by atoms with Crippen LogP contribution >= 0.6 is 0 Å². The first-order valence-corrected chi connectivity index (χ1v) is 6.12. The second-order valence-corrected chi connectivity index (χ2v) is 4.43. The van der Waals surface area contributed by atoms with Crippen molar-refractivity contribution >= 4 is 5.95 Å². The van der Waals surface area contributed by atoms with Crippen LogP contribution in [0, 0.1) is 6.92 Å². The van der Waals surface area contributed by atoms with Gasteiger partial charge in [-0.15, -0.1) is 0 Å². The zero-order valence-corrected chi connectivity index (χ0v) is 10.2. The number of imidazole rings is 1. The molecule has 16 heavy (non-hydrogen) atoms. The predicted molar refractivity (Wildman–Crippen MR) is 64.7 cm³/mol. The van der Waals surface area contributed by atoms with Crippen molar-refractivity contribution in [3.8, 4) is 0 Å². The number of rotatable bonds is 5. The Morgan fingerprint density at radius 3 is 2.94 bits per heavy atom. The SMILES string of the molecule is CNc1nc(C)cn1CCOC1CCCC1. The molecule has 4 heteroatoms. The van der Waals surface area contributed by atoms with Gasteiger partial charge >= 0.3 is 0 Å². The number of hydrogen-bond donors (Lipinski definition) is 1. The van der Waals surface area contributed by atoms with Crippen LogP contribution in [0.5, 0.6) is 0 Å². The number of aryl methyl sites for hydroxylation is 1. The van der Waals surface area contributed by atoms with Gasteiger partial charge in [0.05, 0.1) is 18.4 Å². The van der Waals surface area contributed by atoms with Gasteiger partial charge in [-0.3, -0.25) is 0 Å². The van der Waals surface area contributed by atoms with Crippen LogP contribution in [0.3, 0.4) is 0 Å². The summed E-state index contributed by atoms with van der Waals surface area (Å²) in [6, 6.07) is 0. The Morgan fingerprint density at radius 1 is 1.50 bits per heavy atom. The van der Waals surface area contributed by atoms with Gasteiger partial charge in [0.25, 0.3) is 0 Å². The minimum absolute atomic E-state index is 0.502. The van der Waals surface area contributed by atoms with E-state index < -0.39 is 0 Å². The Kier molecular flexibility index (Phi) is 3.83. The first kappa shape index (κ1) is 11.5. The van der Waals surface area contributed by atoms with Crippen molar-refractivity contribution in [3.63, 3.8) is 0 Å². The molecule has 0 spiro atoms. The van der Waals surface area contributed by atoms with Gasteiger partial charge < -0.3 is 14.6 Å². The highest BCUT2D eigenvalue weighted by Gasteiger charge is 2.15. The van der Waals surface area contributed by atoms with Crippen LogP contribution in [0.4, 0.5) is 5.95 Å². The molecule has 0 atom stereocenters. The van der Waals surface area contributed by atoms with E-state index in [1.54, 1.807) is 0 Å². The molecule has 1 aliphatic rings. The summed E-state index contributed by atoms with van der Waals surface area (Å²) in [5.41, 5.74) is 1.05. The molecule has 0 amide bonds. The third-order valence-electron chi connectivity index (χ3n) is 3.11. The number of nitrogens with one attached hydrogen (secondary N) is 1. The van der Waals surface area contributed by atoms with Gasteiger partial charge in [-0.2, -0.15) is 0 Å². The molecule has 0 unspecified atom stereocenters. The topological polar surface area (TPSA) is 39.1 Å². The van der Waals surface area contributed by atoms with Gasteiger partial charge in [-0.25, -0.2) is 4.98 Å². The fourth-order valence-corrected chi connectivity index (χ4v) is 2.29. The van der Waals surface area contributed by atoms with E-state index in [9.17, 15) is 0 Å². The smallest absolute Gasteiger partial charge is 0.202 e. The van der Waals surface area contributed by atoms with Gasteiger partial charge in [0.15, 0.2) is 0 Å². The Bertz CT molecular complexity index is 329. The molecule has 1 saturated carbocycles. The Labute approximate surface area is 97.0 Å². The van der Waals surface area contributed by atoms with E-state index in [4.69, 9.17) is 4.74 Å². The Balaban J connectivity index is 1.79. The molecule has 0 bridgehead atoms. The van der Waals surface area contributed by atoms with Gasteiger partial charge in [0, 0.05) is 19.8 Å². The molecular formula is C12H21N3O. The Hall–Kier alpha value is -1.03. The van der Waals surface area contributed by atoms with Crippen molar-refractivity contribution in [1.82, 2.24) is 9.55 Å². The van der Waals surface area contributed by atoms with E-state index >= 15 is 0 Å². The maximum atomic E-state index is 5.84. The quantitative estimate of drug-likeness (QED) is 0.831. The summed E-state index contributed by atoms with van der Waals surface area (Å²) in [7, 11) is 1.90. The first-order chi connectivity index (χ1) is 7.79. The number of anilines is 1. The zero-order chi connectivity index (χ0) is 11.4. The Morgan fingerprint density at radius 2 is 2.25 bits per heavy atom. The molecule has 1 N–H and O–H groups in total. The molecule has 0 radical (unpaired) electrons. The zero-order valence-electron chi connectivity index (χ0n) is 10.2. The summed E-state index contributed by atoms with van der Waals surface area (Å²) in [6.07, 6.45) is 7.70. The third kappa shape index (κ3) is 2.76. The summed E-state index contributed by atoms with van der Waals surface area (Å²) in [5, 5.41) is 3.09. The fourth-order valence-electron chi connectivity index (χ4n) is 2.29. The van der Waals surface area contributed by atoms with Gasteiger partial charge in [0.1, 0.15) is 0 Å². The third-order valence-corrected chi connectivity index (χ3v) is 3.11. The second-order valence-electron chi connectivity index (χ2n) is 4.43. The molecule has 1 aliphatic carbocycles. The number of ether oxygens (including phenoxy) is 1. The average molecular weight is 223 g/mol. The van der Waals surface area contributed by atoms with Crippen LogP contribution in [-0.4, -0.2) is 29.3 Å². The van der Waals surface area contributed by atoms with Crippen molar-refractivity contribution in [1.29, 1.82) is 0 Å². The number of hydrogen-bond acceptors (Lipinski definition) is 3. The maximum Gasteiger partial charge on any atom is 0.202 e. The minimum atomic E-state index is 0.502. The van der Waals surface area contributed by atoms with Crippen LogP contribution in [0.1, 0.15) is 31.4 Å². The highest BCUT2D eigenvalue weighted by Crippen LogP contribution is 2.20. The van der Waals surface area contributed by atoms with E-state index in [-0.39, 0.29) is 0 Å². The summed E-state index contributed by atoms with van der Waals surface area (Å²) >= 11 is 0. The van der Waals surface area contributed by atoms with Crippen LogP contribution in [0.15, 0.2) is 6.20 Å². The van der Waals surface area contributed by atoms with E-state index in [2.05, 4.69) is 21.1 Å². The molecule has 0 aliphatic heterocycles. The van der Waals surface area contributed by atoms with E-state index in [1.807, 2.05) is 14.0 Å². The van der Waals surface area contributed by atoms with Crippen molar-refractivity contribution in [3.05, 3.63) is 11.9 Å². The molecule has 0 saturated heterocycles. The van der Waals surface area contributed by atoms with Crippen molar-refractivity contribution in [2.24, 2.45) is 0 Å². The lowest BCUT2D eigenvalue weighted by Gasteiger charge is -2.12. The molecule has 2 rings (SSSR count). The standard InChI is InChI=1S/C12H21N3O/c1-10-9-15(12(13-2)14-10)7-8-16-11-5-3-4-6-11/h9,11H,3-8H2,1-2H3,(H,13,14). The lowest BCUT2D eigenvalue weighted by Crippen LogP contribution is -2.14. The summed E-state index contributed by atoms with van der Waals surface area (Å²) in [6.45, 7) is 3.68. The predicted octanol–water partition coefficient (Wildman–Crippen LogP) is 2.19. The van der Waals surface area contributed by atoms with E-state index in [1.165, 1.54) is 25.7 Å². The molecule has 0 aromatic carbocycles. The lowest BCUT2D eigenvalue weighted by molar-refractivity contribution is 0.0532. The highest BCUT2D eigenvalue weighted by molar-refractivity contribution is 5.27. The highest BCUT2D eigenvalue weighted by atomic mass is 16.5. The van der Waals surface area contributed by atoms with Crippen molar-refractivity contribution in [2.75, 3.05) is 19.0 Å². The van der Waals surface area contributed by atoms with Crippen molar-refractivity contribution in [2.45, 2.75) is 45.3 Å².